The van der Waals surface area contributed by atoms with Crippen LogP contribution >= 0.6 is 0 Å². The summed E-state index contributed by atoms with van der Waals surface area (Å²) in [7, 11) is 1.90. The van der Waals surface area contributed by atoms with Gasteiger partial charge in [-0.25, -0.2) is 0 Å². The van der Waals surface area contributed by atoms with E-state index in [9.17, 15) is 4.79 Å². The Kier molecular flexibility index (Phi) is 3.24. The molecule has 88 valence electrons. The van der Waals surface area contributed by atoms with Gasteiger partial charge in [0.1, 0.15) is 0 Å². The molecule has 1 fully saturated rings. The lowest BCUT2D eigenvalue weighted by Crippen LogP contribution is -2.44. The molecular weight excluding hydrogens is 204 g/mol. The smallest absolute Gasteiger partial charge is 0.220 e. The summed E-state index contributed by atoms with van der Waals surface area (Å²) in [6, 6.07) is 0. The number of aromatic nitrogens is 2. The molecule has 0 saturated carbocycles. The Hall–Kier alpha value is -1.36. The second-order valence-electron chi connectivity index (χ2n) is 4.38. The van der Waals surface area contributed by atoms with Gasteiger partial charge < -0.3 is 10.6 Å². The molecule has 0 unspecified atom stereocenters. The third-order valence-electron chi connectivity index (χ3n) is 3.15. The van der Waals surface area contributed by atoms with E-state index in [1.807, 2.05) is 18.7 Å². The summed E-state index contributed by atoms with van der Waals surface area (Å²) in [6.45, 7) is 4.53. The Morgan fingerprint density at radius 2 is 2.44 bits per heavy atom. The molecule has 1 aliphatic heterocycles. The van der Waals surface area contributed by atoms with Gasteiger partial charge in [-0.15, -0.1) is 0 Å². The second-order valence-corrected chi connectivity index (χ2v) is 4.38. The summed E-state index contributed by atoms with van der Waals surface area (Å²) < 4.78 is 1.82. The van der Waals surface area contributed by atoms with Gasteiger partial charge in [0.05, 0.1) is 6.20 Å². The summed E-state index contributed by atoms with van der Waals surface area (Å²) in [4.78, 5) is 11.6. The van der Waals surface area contributed by atoms with Crippen LogP contribution < -0.4 is 10.6 Å². The van der Waals surface area contributed by atoms with Crippen LogP contribution in [0.15, 0.2) is 6.20 Å². The Morgan fingerprint density at radius 3 is 2.94 bits per heavy atom. The highest BCUT2D eigenvalue weighted by molar-refractivity contribution is 5.76. The average Bonchev–Trinajstić information content (AvgIpc) is 2.51. The molecule has 5 heteroatoms. The molecule has 0 spiro atoms. The summed E-state index contributed by atoms with van der Waals surface area (Å²) in [6.07, 6.45) is 2.44. The first-order valence-corrected chi connectivity index (χ1v) is 5.61. The highest BCUT2D eigenvalue weighted by Crippen LogP contribution is 2.09. The first kappa shape index (κ1) is 11.1. The van der Waals surface area contributed by atoms with E-state index >= 15 is 0 Å². The topological polar surface area (TPSA) is 59.0 Å². The molecule has 16 heavy (non-hydrogen) atoms. The minimum atomic E-state index is 0.134. The number of amides is 1. The molecular formula is C11H18N4O. The molecule has 2 N–H and O–H groups in total. The minimum Gasteiger partial charge on any atom is -0.352 e. The standard InChI is InChI=1S/C11H18N4O/c1-8-10(7-14-15(8)2)6-13-11(16)3-9-4-12-5-9/h7,9,12H,3-6H2,1-2H3,(H,13,16). The van der Waals surface area contributed by atoms with Gasteiger partial charge in [-0.05, 0) is 25.9 Å². The molecule has 5 nitrogen and oxygen atoms in total. The van der Waals surface area contributed by atoms with Gasteiger partial charge in [-0.3, -0.25) is 9.48 Å². The van der Waals surface area contributed by atoms with Crippen LogP contribution in [0.3, 0.4) is 0 Å². The number of aryl methyl sites for hydroxylation is 1. The van der Waals surface area contributed by atoms with Crippen molar-refractivity contribution < 1.29 is 4.79 Å². The van der Waals surface area contributed by atoms with Gasteiger partial charge in [-0.2, -0.15) is 5.10 Å². The molecule has 1 saturated heterocycles. The number of rotatable bonds is 4. The van der Waals surface area contributed by atoms with E-state index in [0.717, 1.165) is 24.3 Å². The molecule has 2 heterocycles. The maximum Gasteiger partial charge on any atom is 0.220 e. The minimum absolute atomic E-state index is 0.134. The molecule has 1 aromatic rings. The van der Waals surface area contributed by atoms with Crippen molar-refractivity contribution in [3.63, 3.8) is 0 Å². The summed E-state index contributed by atoms with van der Waals surface area (Å²) in [5, 5.41) is 10.2. The van der Waals surface area contributed by atoms with Crippen molar-refractivity contribution in [2.24, 2.45) is 13.0 Å². The summed E-state index contributed by atoms with van der Waals surface area (Å²) >= 11 is 0. The van der Waals surface area contributed by atoms with Crippen LogP contribution in [0, 0.1) is 12.8 Å². The van der Waals surface area contributed by atoms with Crippen LogP contribution in [0.25, 0.3) is 0 Å². The zero-order chi connectivity index (χ0) is 11.5. The Labute approximate surface area is 95.2 Å². The molecule has 1 aliphatic rings. The lowest BCUT2D eigenvalue weighted by Gasteiger charge is -2.26. The lowest BCUT2D eigenvalue weighted by molar-refractivity contribution is -0.122. The molecule has 2 rings (SSSR count). The number of nitrogens with zero attached hydrogens (tertiary/aromatic N) is 2. The van der Waals surface area contributed by atoms with E-state index < -0.39 is 0 Å². The fourth-order valence-corrected chi connectivity index (χ4v) is 1.74. The van der Waals surface area contributed by atoms with E-state index in [2.05, 4.69) is 15.7 Å². The first-order valence-electron chi connectivity index (χ1n) is 5.61. The van der Waals surface area contributed by atoms with E-state index in [4.69, 9.17) is 0 Å². The summed E-state index contributed by atoms with van der Waals surface area (Å²) in [5.41, 5.74) is 2.19. The molecule has 0 bridgehead atoms. The number of hydrogen-bond acceptors (Lipinski definition) is 3. The average molecular weight is 222 g/mol. The monoisotopic (exact) mass is 222 g/mol. The Bertz CT molecular complexity index is 381. The van der Waals surface area contributed by atoms with Crippen molar-refractivity contribution in [2.75, 3.05) is 13.1 Å². The van der Waals surface area contributed by atoms with Gasteiger partial charge in [0.2, 0.25) is 5.91 Å². The fraction of sp³-hybridized carbons (Fsp3) is 0.636. The molecule has 0 radical (unpaired) electrons. The third kappa shape index (κ3) is 2.41. The second kappa shape index (κ2) is 4.65. The quantitative estimate of drug-likeness (QED) is 0.751. The van der Waals surface area contributed by atoms with Crippen LogP contribution in [0.2, 0.25) is 0 Å². The van der Waals surface area contributed by atoms with Crippen LogP contribution in [0.5, 0.6) is 0 Å². The van der Waals surface area contributed by atoms with Crippen molar-refractivity contribution in [1.29, 1.82) is 0 Å². The van der Waals surface area contributed by atoms with Crippen LogP contribution in [-0.4, -0.2) is 28.8 Å². The highest BCUT2D eigenvalue weighted by Gasteiger charge is 2.19. The van der Waals surface area contributed by atoms with E-state index in [1.165, 1.54) is 0 Å². The highest BCUT2D eigenvalue weighted by atomic mass is 16.1. The number of nitrogens with one attached hydrogen (secondary N) is 2. The summed E-state index contributed by atoms with van der Waals surface area (Å²) in [5.74, 6) is 0.657. The normalized spacial score (nSPS) is 15.9. The van der Waals surface area contributed by atoms with Gasteiger partial charge in [0.25, 0.3) is 0 Å². The number of hydrogen-bond donors (Lipinski definition) is 2. The van der Waals surface area contributed by atoms with Crippen LogP contribution in [0.4, 0.5) is 0 Å². The largest absolute Gasteiger partial charge is 0.352 e. The fourth-order valence-electron chi connectivity index (χ4n) is 1.74. The maximum absolute atomic E-state index is 11.6. The predicted molar refractivity (Wildman–Crippen MR) is 60.8 cm³/mol. The third-order valence-corrected chi connectivity index (χ3v) is 3.15. The zero-order valence-corrected chi connectivity index (χ0v) is 9.79. The van der Waals surface area contributed by atoms with Gasteiger partial charge >= 0.3 is 0 Å². The van der Waals surface area contributed by atoms with Gasteiger partial charge in [0.15, 0.2) is 0 Å². The number of carbonyl (C=O) groups excluding carboxylic acids is 1. The molecule has 0 atom stereocenters. The van der Waals surface area contributed by atoms with Crippen molar-refractivity contribution in [3.8, 4) is 0 Å². The van der Waals surface area contributed by atoms with Crippen LogP contribution in [0.1, 0.15) is 17.7 Å². The lowest BCUT2D eigenvalue weighted by atomic mass is 9.99. The van der Waals surface area contributed by atoms with E-state index in [0.29, 0.717) is 18.9 Å². The molecule has 1 amide bonds. The SMILES string of the molecule is Cc1c(CNC(=O)CC2CNC2)cnn1C. The van der Waals surface area contributed by atoms with Crippen molar-refractivity contribution in [3.05, 3.63) is 17.5 Å². The van der Waals surface area contributed by atoms with Gasteiger partial charge in [-0.1, -0.05) is 0 Å². The van der Waals surface area contributed by atoms with Crippen molar-refractivity contribution in [1.82, 2.24) is 20.4 Å². The molecule has 1 aromatic heterocycles. The Balaban J connectivity index is 1.78. The number of carbonyl (C=O) groups is 1. The van der Waals surface area contributed by atoms with Gasteiger partial charge in [0, 0.05) is 31.3 Å². The first-order chi connectivity index (χ1) is 7.66. The molecule has 0 aromatic carbocycles. The predicted octanol–water partition coefficient (Wildman–Crippen LogP) is -0.0458. The van der Waals surface area contributed by atoms with E-state index in [1.54, 1.807) is 6.20 Å². The Morgan fingerprint density at radius 1 is 1.69 bits per heavy atom. The zero-order valence-electron chi connectivity index (χ0n) is 9.79. The molecule has 0 aliphatic carbocycles. The van der Waals surface area contributed by atoms with E-state index in [-0.39, 0.29) is 5.91 Å². The van der Waals surface area contributed by atoms with Crippen molar-refractivity contribution >= 4 is 5.91 Å². The van der Waals surface area contributed by atoms with Crippen molar-refractivity contribution in [2.45, 2.75) is 19.9 Å². The van der Waals surface area contributed by atoms with Crippen LogP contribution in [-0.2, 0) is 18.4 Å². The maximum atomic E-state index is 11.6.